The third-order valence-corrected chi connectivity index (χ3v) is 5.00. The Balaban J connectivity index is 1.73. The number of benzene rings is 1. The average Bonchev–Trinajstić information content (AvgIpc) is 3.03. The molecule has 3 heteroatoms. The molecule has 3 nitrogen and oxygen atoms in total. The molecule has 100 valence electrons. The van der Waals surface area contributed by atoms with Crippen LogP contribution in [0.3, 0.4) is 0 Å². The van der Waals surface area contributed by atoms with Gasteiger partial charge in [0, 0.05) is 6.04 Å². The molecule has 4 atom stereocenters. The molecule has 1 aromatic carbocycles. The Morgan fingerprint density at radius 2 is 2.21 bits per heavy atom. The minimum atomic E-state index is 0.437. The van der Waals surface area contributed by atoms with Gasteiger partial charge in [-0.15, -0.1) is 0 Å². The summed E-state index contributed by atoms with van der Waals surface area (Å²) in [6, 6.07) is 8.05. The average molecular weight is 255 g/mol. The van der Waals surface area contributed by atoms with Gasteiger partial charge in [-0.1, -0.05) is 6.42 Å². The van der Waals surface area contributed by atoms with Crippen molar-refractivity contribution < 1.29 is 0 Å². The standard InChI is InChI=1S/C16H21N3/c1-10(14-7-11-2-4-13(14)6-11)19-16-8-12(9-17)3-5-15(16)18/h3,5,8,10-11,13-14,19H,2,4,6-7,18H2,1H3. The van der Waals surface area contributed by atoms with Gasteiger partial charge in [0.25, 0.3) is 0 Å². The monoisotopic (exact) mass is 255 g/mol. The molecule has 2 aliphatic rings. The molecule has 2 bridgehead atoms. The van der Waals surface area contributed by atoms with Gasteiger partial charge in [0.1, 0.15) is 0 Å². The Kier molecular flexibility index (Phi) is 3.10. The number of nitrogens with two attached hydrogens (primary N) is 1. The molecule has 2 fully saturated rings. The number of rotatable bonds is 3. The highest BCUT2D eigenvalue weighted by atomic mass is 14.9. The van der Waals surface area contributed by atoms with Gasteiger partial charge in [-0.3, -0.25) is 0 Å². The predicted molar refractivity (Wildman–Crippen MR) is 77.6 cm³/mol. The molecule has 0 aromatic heterocycles. The molecule has 0 aliphatic heterocycles. The minimum absolute atomic E-state index is 0.437. The zero-order chi connectivity index (χ0) is 13.4. The van der Waals surface area contributed by atoms with Gasteiger partial charge in [-0.05, 0) is 62.1 Å². The topological polar surface area (TPSA) is 61.8 Å². The Morgan fingerprint density at radius 1 is 1.37 bits per heavy atom. The van der Waals surface area contributed by atoms with Gasteiger partial charge in [0.2, 0.25) is 0 Å². The van der Waals surface area contributed by atoms with E-state index in [2.05, 4.69) is 18.3 Å². The van der Waals surface area contributed by atoms with Gasteiger partial charge < -0.3 is 11.1 Å². The fourth-order valence-corrected chi connectivity index (χ4v) is 4.01. The van der Waals surface area contributed by atoms with Crippen LogP contribution in [0, 0.1) is 29.1 Å². The van der Waals surface area contributed by atoms with Gasteiger partial charge in [0.05, 0.1) is 23.0 Å². The van der Waals surface area contributed by atoms with Crippen molar-refractivity contribution in [2.75, 3.05) is 11.1 Å². The SMILES string of the molecule is CC(Nc1cc(C#N)ccc1N)C1CC2CCC1C2. The van der Waals surface area contributed by atoms with E-state index in [0.717, 1.165) is 29.1 Å². The Hall–Kier alpha value is -1.69. The second-order valence-electron chi connectivity index (χ2n) is 6.19. The smallest absolute Gasteiger partial charge is 0.0992 e. The van der Waals surface area contributed by atoms with E-state index in [0.29, 0.717) is 11.6 Å². The molecule has 3 N–H and O–H groups in total. The van der Waals surface area contributed by atoms with E-state index in [4.69, 9.17) is 11.0 Å². The molecule has 0 amide bonds. The maximum absolute atomic E-state index is 8.97. The van der Waals surface area contributed by atoms with Crippen LogP contribution < -0.4 is 11.1 Å². The van der Waals surface area contributed by atoms with Crippen molar-refractivity contribution >= 4 is 11.4 Å². The summed E-state index contributed by atoms with van der Waals surface area (Å²) in [6.45, 7) is 2.25. The number of nitrogen functional groups attached to an aromatic ring is 1. The van der Waals surface area contributed by atoms with Gasteiger partial charge in [-0.2, -0.15) is 5.26 Å². The lowest BCUT2D eigenvalue weighted by atomic mass is 9.84. The van der Waals surface area contributed by atoms with Gasteiger partial charge in [-0.25, -0.2) is 0 Å². The Bertz CT molecular complexity index is 517. The van der Waals surface area contributed by atoms with Crippen LogP contribution in [-0.2, 0) is 0 Å². The summed E-state index contributed by atoms with van der Waals surface area (Å²) in [7, 11) is 0. The maximum Gasteiger partial charge on any atom is 0.0992 e. The van der Waals surface area contributed by atoms with Crippen molar-refractivity contribution in [3.63, 3.8) is 0 Å². The molecule has 1 aromatic rings. The first kappa shape index (κ1) is 12.3. The normalized spacial score (nSPS) is 30.0. The molecule has 0 spiro atoms. The molecule has 2 aliphatic carbocycles. The predicted octanol–water partition coefficient (Wildman–Crippen LogP) is 3.38. The molecule has 4 unspecified atom stereocenters. The number of nitrogens with one attached hydrogen (secondary N) is 1. The Labute approximate surface area is 114 Å². The summed E-state index contributed by atoms with van der Waals surface area (Å²) in [5.74, 6) is 2.62. The number of nitriles is 1. The summed E-state index contributed by atoms with van der Waals surface area (Å²) in [4.78, 5) is 0. The summed E-state index contributed by atoms with van der Waals surface area (Å²) in [5, 5.41) is 12.5. The van der Waals surface area contributed by atoms with Crippen LogP contribution >= 0.6 is 0 Å². The van der Waals surface area contributed by atoms with E-state index in [1.54, 1.807) is 6.07 Å². The van der Waals surface area contributed by atoms with E-state index < -0.39 is 0 Å². The third-order valence-electron chi connectivity index (χ3n) is 5.00. The lowest BCUT2D eigenvalue weighted by molar-refractivity contribution is 0.304. The van der Waals surface area contributed by atoms with Crippen molar-refractivity contribution in [3.05, 3.63) is 23.8 Å². The first-order chi connectivity index (χ1) is 9.17. The highest BCUT2D eigenvalue weighted by Crippen LogP contribution is 2.50. The number of nitrogens with zero attached hydrogens (tertiary/aromatic N) is 1. The highest BCUT2D eigenvalue weighted by Gasteiger charge is 2.41. The van der Waals surface area contributed by atoms with Crippen molar-refractivity contribution in [2.24, 2.45) is 17.8 Å². The largest absolute Gasteiger partial charge is 0.397 e. The van der Waals surface area contributed by atoms with Crippen molar-refractivity contribution in [2.45, 2.75) is 38.6 Å². The molecule has 2 saturated carbocycles. The molecular formula is C16H21N3. The molecule has 0 radical (unpaired) electrons. The zero-order valence-corrected chi connectivity index (χ0v) is 11.4. The minimum Gasteiger partial charge on any atom is -0.397 e. The second kappa shape index (κ2) is 4.77. The third kappa shape index (κ3) is 2.28. The van der Waals surface area contributed by atoms with Gasteiger partial charge >= 0.3 is 0 Å². The van der Waals surface area contributed by atoms with Crippen molar-refractivity contribution in [3.8, 4) is 6.07 Å². The van der Waals surface area contributed by atoms with Crippen LogP contribution in [0.1, 0.15) is 38.2 Å². The first-order valence-electron chi connectivity index (χ1n) is 7.23. The van der Waals surface area contributed by atoms with Crippen LogP contribution in [0.2, 0.25) is 0 Å². The molecule has 3 rings (SSSR count). The fourth-order valence-electron chi connectivity index (χ4n) is 4.01. The summed E-state index contributed by atoms with van der Waals surface area (Å²) >= 11 is 0. The number of fused-ring (bicyclic) bond motifs is 2. The van der Waals surface area contributed by atoms with Crippen LogP contribution in [0.25, 0.3) is 0 Å². The van der Waals surface area contributed by atoms with E-state index in [1.807, 2.05) is 12.1 Å². The van der Waals surface area contributed by atoms with Crippen molar-refractivity contribution in [1.82, 2.24) is 0 Å². The number of hydrogen-bond acceptors (Lipinski definition) is 3. The lowest BCUT2D eigenvalue weighted by Gasteiger charge is -2.29. The summed E-state index contributed by atoms with van der Waals surface area (Å²) in [6.07, 6.45) is 5.61. The quantitative estimate of drug-likeness (QED) is 0.814. The van der Waals surface area contributed by atoms with Crippen LogP contribution in [0.5, 0.6) is 0 Å². The molecule has 0 saturated heterocycles. The highest BCUT2D eigenvalue weighted by molar-refractivity contribution is 5.68. The van der Waals surface area contributed by atoms with Crippen LogP contribution in [-0.4, -0.2) is 6.04 Å². The lowest BCUT2D eigenvalue weighted by Crippen LogP contribution is -2.30. The van der Waals surface area contributed by atoms with E-state index in [1.165, 1.54) is 25.7 Å². The van der Waals surface area contributed by atoms with E-state index in [-0.39, 0.29) is 0 Å². The second-order valence-corrected chi connectivity index (χ2v) is 6.19. The summed E-state index contributed by atoms with van der Waals surface area (Å²) in [5.41, 5.74) is 8.30. The molecule has 0 heterocycles. The van der Waals surface area contributed by atoms with Crippen molar-refractivity contribution in [1.29, 1.82) is 5.26 Å². The molecule has 19 heavy (non-hydrogen) atoms. The maximum atomic E-state index is 8.97. The summed E-state index contributed by atoms with van der Waals surface area (Å²) < 4.78 is 0. The number of anilines is 2. The zero-order valence-electron chi connectivity index (χ0n) is 11.4. The molecular weight excluding hydrogens is 234 g/mol. The van der Waals surface area contributed by atoms with Crippen LogP contribution in [0.4, 0.5) is 11.4 Å². The number of hydrogen-bond donors (Lipinski definition) is 2. The van der Waals surface area contributed by atoms with Crippen LogP contribution in [0.15, 0.2) is 18.2 Å². The van der Waals surface area contributed by atoms with Gasteiger partial charge in [0.15, 0.2) is 0 Å². The van der Waals surface area contributed by atoms with E-state index >= 15 is 0 Å². The fraction of sp³-hybridized carbons (Fsp3) is 0.562. The Morgan fingerprint density at radius 3 is 2.84 bits per heavy atom. The van der Waals surface area contributed by atoms with E-state index in [9.17, 15) is 0 Å². The first-order valence-corrected chi connectivity index (χ1v) is 7.23.